The highest BCUT2D eigenvalue weighted by atomic mass is 32.2. The van der Waals surface area contributed by atoms with Crippen molar-refractivity contribution in [2.45, 2.75) is 43.7 Å². The molecule has 0 bridgehead atoms. The van der Waals surface area contributed by atoms with Gasteiger partial charge in [-0.2, -0.15) is 21.8 Å². The number of fused-ring (bicyclic) bond motifs is 1. The SMILES string of the molecule is CCN1CN(CC)S(=O)(=O)c2cc(S(=O)(=O)N(CC)CC)c(C(F)(F)F)cc21. The third kappa shape index (κ3) is 3.74. The van der Waals surface area contributed by atoms with Crippen LogP contribution in [0.15, 0.2) is 21.9 Å². The first-order valence-electron chi connectivity index (χ1n) is 8.86. The number of alkyl halides is 3. The Hall–Kier alpha value is -1.37. The van der Waals surface area contributed by atoms with E-state index in [4.69, 9.17) is 0 Å². The molecule has 0 radical (unpaired) electrons. The summed E-state index contributed by atoms with van der Waals surface area (Å²) in [5, 5.41) is 0. The van der Waals surface area contributed by atoms with Crippen molar-refractivity contribution in [1.82, 2.24) is 8.61 Å². The van der Waals surface area contributed by atoms with Gasteiger partial charge in [-0.1, -0.05) is 20.8 Å². The molecule has 7 nitrogen and oxygen atoms in total. The summed E-state index contributed by atoms with van der Waals surface area (Å²) in [6, 6.07) is 1.30. The fourth-order valence-corrected chi connectivity index (χ4v) is 6.54. The zero-order chi connectivity index (χ0) is 21.5. The monoisotopic (exact) mass is 443 g/mol. The van der Waals surface area contributed by atoms with Crippen LogP contribution in [0.2, 0.25) is 0 Å². The quantitative estimate of drug-likeness (QED) is 0.675. The first-order chi connectivity index (χ1) is 12.9. The maximum Gasteiger partial charge on any atom is 0.417 e. The lowest BCUT2D eigenvalue weighted by molar-refractivity contribution is -0.140. The van der Waals surface area contributed by atoms with Gasteiger partial charge in [0, 0.05) is 26.2 Å². The molecular formula is C16H24F3N3O4S2. The van der Waals surface area contributed by atoms with Crippen LogP contribution in [0.3, 0.4) is 0 Å². The Morgan fingerprint density at radius 2 is 1.64 bits per heavy atom. The van der Waals surface area contributed by atoms with E-state index < -0.39 is 41.6 Å². The number of sulfonamides is 2. The largest absolute Gasteiger partial charge is 0.417 e. The highest BCUT2D eigenvalue weighted by Gasteiger charge is 2.43. The maximum absolute atomic E-state index is 13.7. The molecule has 1 aromatic carbocycles. The molecule has 1 aliphatic heterocycles. The number of anilines is 1. The van der Waals surface area contributed by atoms with Gasteiger partial charge in [-0.3, -0.25) is 0 Å². The van der Waals surface area contributed by atoms with E-state index in [1.54, 1.807) is 13.8 Å². The van der Waals surface area contributed by atoms with Gasteiger partial charge in [0.25, 0.3) is 0 Å². The number of nitrogens with zero attached hydrogens (tertiary/aromatic N) is 3. The fourth-order valence-electron chi connectivity index (χ4n) is 3.16. The van der Waals surface area contributed by atoms with E-state index in [2.05, 4.69) is 0 Å². The molecule has 1 aliphatic rings. The molecule has 0 saturated heterocycles. The van der Waals surface area contributed by atoms with Crippen molar-refractivity contribution in [2.24, 2.45) is 0 Å². The van der Waals surface area contributed by atoms with Crippen LogP contribution in [-0.4, -0.2) is 58.3 Å². The molecule has 0 aliphatic carbocycles. The summed E-state index contributed by atoms with van der Waals surface area (Å²) >= 11 is 0. The van der Waals surface area contributed by atoms with Gasteiger partial charge in [-0.15, -0.1) is 0 Å². The molecule has 0 unspecified atom stereocenters. The minimum atomic E-state index is -4.96. The molecule has 0 N–H and O–H groups in total. The van der Waals surface area contributed by atoms with E-state index in [9.17, 15) is 30.0 Å². The normalized spacial score (nSPS) is 17.8. The van der Waals surface area contributed by atoms with Crippen LogP contribution in [0.4, 0.5) is 18.9 Å². The van der Waals surface area contributed by atoms with Crippen LogP contribution >= 0.6 is 0 Å². The van der Waals surface area contributed by atoms with E-state index in [0.717, 1.165) is 8.61 Å². The van der Waals surface area contributed by atoms with Crippen molar-refractivity contribution in [2.75, 3.05) is 37.7 Å². The lowest BCUT2D eigenvalue weighted by atomic mass is 10.1. The molecule has 0 atom stereocenters. The van der Waals surface area contributed by atoms with E-state index in [1.807, 2.05) is 0 Å². The van der Waals surface area contributed by atoms with Crippen molar-refractivity contribution in [3.8, 4) is 0 Å². The smallest absolute Gasteiger partial charge is 0.357 e. The summed E-state index contributed by atoms with van der Waals surface area (Å²) in [5.41, 5.74) is -1.50. The minimum absolute atomic E-state index is 0.0395. The molecule has 12 heteroatoms. The average Bonchev–Trinajstić information content (AvgIpc) is 2.61. The number of benzene rings is 1. The number of hydrogen-bond donors (Lipinski definition) is 0. The number of rotatable bonds is 6. The fraction of sp³-hybridized carbons (Fsp3) is 0.625. The molecule has 1 heterocycles. The first kappa shape index (κ1) is 22.9. The Morgan fingerprint density at radius 1 is 1.07 bits per heavy atom. The van der Waals surface area contributed by atoms with Gasteiger partial charge < -0.3 is 4.90 Å². The molecule has 28 heavy (non-hydrogen) atoms. The van der Waals surface area contributed by atoms with Gasteiger partial charge >= 0.3 is 6.18 Å². The van der Waals surface area contributed by atoms with Crippen molar-refractivity contribution in [3.63, 3.8) is 0 Å². The Labute approximate surface area is 163 Å². The van der Waals surface area contributed by atoms with Crippen LogP contribution in [0, 0.1) is 0 Å². The van der Waals surface area contributed by atoms with Crippen LogP contribution in [0.5, 0.6) is 0 Å². The Bertz CT molecular complexity index is 943. The van der Waals surface area contributed by atoms with Gasteiger partial charge in [0.05, 0.1) is 22.8 Å². The molecule has 1 aromatic rings. The molecular weight excluding hydrogens is 419 g/mol. The second-order valence-corrected chi connectivity index (χ2v) is 9.99. The molecule has 160 valence electrons. The molecule has 0 amide bonds. The van der Waals surface area contributed by atoms with Gasteiger partial charge in [-0.05, 0) is 19.1 Å². The lowest BCUT2D eigenvalue weighted by Gasteiger charge is -2.37. The third-order valence-electron chi connectivity index (χ3n) is 4.71. The van der Waals surface area contributed by atoms with E-state index in [0.29, 0.717) is 12.1 Å². The molecule has 0 saturated carbocycles. The minimum Gasteiger partial charge on any atom is -0.357 e. The summed E-state index contributed by atoms with van der Waals surface area (Å²) in [4.78, 5) is 0.00403. The maximum atomic E-state index is 13.7. The van der Waals surface area contributed by atoms with Crippen LogP contribution in [0.25, 0.3) is 0 Å². The van der Waals surface area contributed by atoms with Crippen LogP contribution in [-0.2, 0) is 26.2 Å². The van der Waals surface area contributed by atoms with Crippen molar-refractivity contribution in [3.05, 3.63) is 17.7 Å². The van der Waals surface area contributed by atoms with Crippen LogP contribution < -0.4 is 4.90 Å². The van der Waals surface area contributed by atoms with Gasteiger partial charge in [0.1, 0.15) is 4.90 Å². The number of halogens is 3. The topological polar surface area (TPSA) is 78.0 Å². The summed E-state index contributed by atoms with van der Waals surface area (Å²) in [5.74, 6) is 0. The Balaban J connectivity index is 2.92. The molecule has 2 rings (SSSR count). The second-order valence-electron chi connectivity index (χ2n) is 6.17. The lowest BCUT2D eigenvalue weighted by Crippen LogP contribution is -2.46. The van der Waals surface area contributed by atoms with Crippen molar-refractivity contribution >= 4 is 25.7 Å². The predicted octanol–water partition coefficient (Wildman–Crippen LogP) is 2.54. The van der Waals surface area contributed by atoms with Gasteiger partial charge in [-0.25, -0.2) is 16.8 Å². The third-order valence-corrected chi connectivity index (χ3v) is 8.74. The predicted molar refractivity (Wildman–Crippen MR) is 99.0 cm³/mol. The van der Waals surface area contributed by atoms with Gasteiger partial charge in [0.15, 0.2) is 0 Å². The summed E-state index contributed by atoms with van der Waals surface area (Å²) < 4.78 is 94.6. The average molecular weight is 444 g/mol. The standard InChI is InChI=1S/C16H24F3N3O4S2/c1-5-20-11-22(8-4)28(25,26)15-10-14(27(23,24)21(6-2)7-3)12(9-13(15)20)16(17,18)19/h9-10H,5-8,11H2,1-4H3. The van der Waals surface area contributed by atoms with Crippen LogP contribution in [0.1, 0.15) is 33.3 Å². The van der Waals surface area contributed by atoms with E-state index in [1.165, 1.54) is 18.7 Å². The summed E-state index contributed by atoms with van der Waals surface area (Å²) in [6.07, 6.45) is -4.96. The second kappa shape index (κ2) is 7.81. The molecule has 0 fully saturated rings. The highest BCUT2D eigenvalue weighted by Crippen LogP contribution is 2.43. The molecule has 0 aromatic heterocycles. The van der Waals surface area contributed by atoms with Crippen molar-refractivity contribution < 1.29 is 30.0 Å². The van der Waals surface area contributed by atoms with E-state index >= 15 is 0 Å². The Morgan fingerprint density at radius 3 is 2.07 bits per heavy atom. The van der Waals surface area contributed by atoms with Gasteiger partial charge in [0.2, 0.25) is 20.0 Å². The van der Waals surface area contributed by atoms with Crippen molar-refractivity contribution in [1.29, 1.82) is 0 Å². The first-order valence-corrected chi connectivity index (χ1v) is 11.7. The Kier molecular flexibility index (Phi) is 6.39. The highest BCUT2D eigenvalue weighted by molar-refractivity contribution is 7.90. The molecule has 0 spiro atoms. The zero-order valence-electron chi connectivity index (χ0n) is 16.1. The zero-order valence-corrected chi connectivity index (χ0v) is 17.7. The number of hydrogen-bond acceptors (Lipinski definition) is 5. The van der Waals surface area contributed by atoms with E-state index in [-0.39, 0.29) is 38.5 Å². The summed E-state index contributed by atoms with van der Waals surface area (Å²) in [7, 11) is -8.65. The summed E-state index contributed by atoms with van der Waals surface area (Å²) in [6.45, 7) is 6.49.